The van der Waals surface area contributed by atoms with Gasteiger partial charge in [0.25, 0.3) is 0 Å². The van der Waals surface area contributed by atoms with E-state index in [1.165, 1.54) is 37.8 Å². The van der Waals surface area contributed by atoms with E-state index in [2.05, 4.69) is 6.58 Å². The number of benzene rings is 1. The number of hydrogen-bond donors (Lipinski definition) is 0. The van der Waals surface area contributed by atoms with Crippen LogP contribution in [0.2, 0.25) is 0 Å². The van der Waals surface area contributed by atoms with Crippen molar-refractivity contribution in [2.75, 3.05) is 0 Å². The molecule has 104 valence electrons. The Morgan fingerprint density at radius 1 is 1.21 bits per heavy atom. The van der Waals surface area contributed by atoms with Crippen molar-refractivity contribution in [3.8, 4) is 0 Å². The number of aryl methyl sites for hydroxylation is 1. The molecule has 1 saturated carbocycles. The van der Waals surface area contributed by atoms with Crippen LogP contribution >= 0.6 is 0 Å². The zero-order valence-corrected chi connectivity index (χ0v) is 11.0. The number of halogens is 3. The predicted molar refractivity (Wildman–Crippen MR) is 71.8 cm³/mol. The van der Waals surface area contributed by atoms with Gasteiger partial charge >= 0.3 is 6.18 Å². The van der Waals surface area contributed by atoms with Gasteiger partial charge in [-0.1, -0.05) is 44.4 Å². The van der Waals surface area contributed by atoms with Crippen LogP contribution < -0.4 is 0 Å². The monoisotopic (exact) mass is 268 g/mol. The minimum atomic E-state index is -4.26. The Morgan fingerprint density at radius 3 is 2.47 bits per heavy atom. The quantitative estimate of drug-likeness (QED) is 0.679. The molecule has 0 aromatic heterocycles. The van der Waals surface area contributed by atoms with Crippen molar-refractivity contribution in [1.29, 1.82) is 0 Å². The summed E-state index contributed by atoms with van der Waals surface area (Å²) in [5.41, 5.74) is 1.04. The van der Waals surface area contributed by atoms with Crippen molar-refractivity contribution in [2.24, 2.45) is 5.92 Å². The Bertz CT molecular complexity index is 440. The van der Waals surface area contributed by atoms with E-state index >= 15 is 0 Å². The Hall–Kier alpha value is -1.25. The minimum Gasteiger partial charge on any atom is -0.166 e. The third-order valence-electron chi connectivity index (χ3n) is 3.99. The number of hydrogen-bond acceptors (Lipinski definition) is 0. The minimum absolute atomic E-state index is 0.556. The summed E-state index contributed by atoms with van der Waals surface area (Å²) in [4.78, 5) is 0. The molecule has 0 bridgehead atoms. The van der Waals surface area contributed by atoms with Gasteiger partial charge in [-0.25, -0.2) is 0 Å². The highest BCUT2D eigenvalue weighted by molar-refractivity contribution is 5.53. The maximum atomic E-state index is 12.7. The number of alkyl halides is 3. The van der Waals surface area contributed by atoms with Crippen LogP contribution in [0.25, 0.3) is 6.08 Å². The maximum Gasteiger partial charge on any atom is 0.416 e. The van der Waals surface area contributed by atoms with Crippen LogP contribution in [0.1, 0.15) is 48.8 Å². The first-order valence-electron chi connectivity index (χ1n) is 6.83. The summed E-state index contributed by atoms with van der Waals surface area (Å²) in [7, 11) is 0. The summed E-state index contributed by atoms with van der Waals surface area (Å²) in [5, 5.41) is 0. The van der Waals surface area contributed by atoms with Gasteiger partial charge in [0.1, 0.15) is 0 Å². The highest BCUT2D eigenvalue weighted by Gasteiger charge is 2.30. The average Bonchev–Trinajstić information content (AvgIpc) is 2.88. The molecular weight excluding hydrogens is 249 g/mol. The van der Waals surface area contributed by atoms with Gasteiger partial charge in [-0.15, -0.1) is 0 Å². The van der Waals surface area contributed by atoms with Gasteiger partial charge in [0.05, 0.1) is 5.56 Å². The van der Waals surface area contributed by atoms with E-state index in [1.54, 1.807) is 6.08 Å². The Morgan fingerprint density at radius 2 is 1.89 bits per heavy atom. The lowest BCUT2D eigenvalue weighted by molar-refractivity contribution is -0.137. The topological polar surface area (TPSA) is 0 Å². The van der Waals surface area contributed by atoms with E-state index < -0.39 is 11.7 Å². The molecule has 19 heavy (non-hydrogen) atoms. The molecule has 0 atom stereocenters. The second kappa shape index (κ2) is 5.81. The van der Waals surface area contributed by atoms with Gasteiger partial charge in [0, 0.05) is 0 Å². The summed E-state index contributed by atoms with van der Waals surface area (Å²) in [6.45, 7) is 3.68. The Labute approximate surface area is 112 Å². The predicted octanol–water partition coefficient (Wildman–Crippen LogP) is 5.47. The second-order valence-electron chi connectivity index (χ2n) is 5.30. The van der Waals surface area contributed by atoms with Crippen LogP contribution in [-0.4, -0.2) is 0 Å². The van der Waals surface area contributed by atoms with Crippen molar-refractivity contribution in [2.45, 2.75) is 44.7 Å². The van der Waals surface area contributed by atoms with E-state index in [0.29, 0.717) is 5.92 Å². The van der Waals surface area contributed by atoms with Crippen LogP contribution in [0.15, 0.2) is 24.8 Å². The zero-order chi connectivity index (χ0) is 13.9. The zero-order valence-electron chi connectivity index (χ0n) is 11.0. The van der Waals surface area contributed by atoms with E-state index in [9.17, 15) is 13.2 Å². The third-order valence-corrected chi connectivity index (χ3v) is 3.99. The fourth-order valence-corrected chi connectivity index (χ4v) is 2.86. The highest BCUT2D eigenvalue weighted by Crippen LogP contribution is 2.33. The van der Waals surface area contributed by atoms with Crippen molar-refractivity contribution >= 4 is 6.08 Å². The van der Waals surface area contributed by atoms with Gasteiger partial charge < -0.3 is 0 Å². The molecule has 0 heterocycles. The fraction of sp³-hybridized carbons (Fsp3) is 0.500. The van der Waals surface area contributed by atoms with E-state index in [0.717, 1.165) is 30.0 Å². The average molecular weight is 268 g/mol. The molecule has 0 nitrogen and oxygen atoms in total. The van der Waals surface area contributed by atoms with Gasteiger partial charge in [0.15, 0.2) is 0 Å². The molecule has 0 saturated heterocycles. The molecule has 1 fully saturated rings. The van der Waals surface area contributed by atoms with Crippen LogP contribution in [0.4, 0.5) is 13.2 Å². The molecule has 1 aromatic carbocycles. The van der Waals surface area contributed by atoms with Crippen LogP contribution in [0, 0.1) is 5.92 Å². The molecule has 1 aromatic rings. The van der Waals surface area contributed by atoms with Crippen molar-refractivity contribution < 1.29 is 13.2 Å². The first kappa shape index (κ1) is 14.2. The fourth-order valence-electron chi connectivity index (χ4n) is 2.86. The molecule has 0 unspecified atom stereocenters. The summed E-state index contributed by atoms with van der Waals surface area (Å²) in [5.74, 6) is 0.687. The molecule has 3 heteroatoms. The third kappa shape index (κ3) is 3.62. The lowest BCUT2D eigenvalue weighted by atomic mass is 9.94. The largest absolute Gasteiger partial charge is 0.416 e. The molecule has 0 spiro atoms. The molecular formula is C16H19F3. The van der Waals surface area contributed by atoms with Gasteiger partial charge in [0.2, 0.25) is 0 Å². The molecule has 0 aliphatic heterocycles. The van der Waals surface area contributed by atoms with Crippen LogP contribution in [0.5, 0.6) is 0 Å². The van der Waals surface area contributed by atoms with Crippen LogP contribution in [-0.2, 0) is 12.6 Å². The molecule has 1 aliphatic rings. The standard InChI is InChI=1S/C16H19F3/c1-2-13-9-10-15(16(17,18)19)11-14(13)8-7-12-5-3-4-6-12/h2,9-12H,1,3-8H2. The van der Waals surface area contributed by atoms with Gasteiger partial charge in [-0.3, -0.25) is 0 Å². The molecule has 0 amide bonds. The summed E-state index contributed by atoms with van der Waals surface area (Å²) < 4.78 is 38.2. The Balaban J connectivity index is 2.13. The van der Waals surface area contributed by atoms with Gasteiger partial charge in [-0.2, -0.15) is 13.2 Å². The highest BCUT2D eigenvalue weighted by atomic mass is 19.4. The van der Waals surface area contributed by atoms with E-state index in [-0.39, 0.29) is 0 Å². The molecule has 2 rings (SSSR count). The molecule has 1 aliphatic carbocycles. The van der Waals surface area contributed by atoms with Crippen molar-refractivity contribution in [3.05, 3.63) is 41.5 Å². The first-order valence-corrected chi connectivity index (χ1v) is 6.83. The molecule has 0 N–H and O–H groups in total. The van der Waals surface area contributed by atoms with Crippen LogP contribution in [0.3, 0.4) is 0 Å². The smallest absolute Gasteiger partial charge is 0.166 e. The maximum absolute atomic E-state index is 12.7. The first-order chi connectivity index (χ1) is 9.00. The van der Waals surface area contributed by atoms with E-state index in [4.69, 9.17) is 0 Å². The summed E-state index contributed by atoms with van der Waals surface area (Å²) in [6.07, 6.45) is 4.07. The molecule has 0 radical (unpaired) electrons. The Kier molecular flexibility index (Phi) is 4.33. The second-order valence-corrected chi connectivity index (χ2v) is 5.30. The van der Waals surface area contributed by atoms with Crippen molar-refractivity contribution in [1.82, 2.24) is 0 Å². The van der Waals surface area contributed by atoms with Crippen molar-refractivity contribution in [3.63, 3.8) is 0 Å². The lowest BCUT2D eigenvalue weighted by Crippen LogP contribution is -2.07. The van der Waals surface area contributed by atoms with E-state index in [1.807, 2.05) is 0 Å². The summed E-state index contributed by atoms with van der Waals surface area (Å²) in [6, 6.07) is 3.95. The lowest BCUT2D eigenvalue weighted by Gasteiger charge is -2.13. The number of rotatable bonds is 4. The van der Waals surface area contributed by atoms with Gasteiger partial charge in [-0.05, 0) is 42.0 Å². The SMILES string of the molecule is C=Cc1ccc(C(F)(F)F)cc1CCC1CCCC1. The normalized spacial score (nSPS) is 16.8. The summed E-state index contributed by atoms with van der Waals surface area (Å²) >= 11 is 0.